The average Bonchev–Trinajstić information content (AvgIpc) is 2.63. The number of carbonyl (C=O) groups excluding carboxylic acids is 2. The molecule has 0 unspecified atom stereocenters. The lowest BCUT2D eigenvalue weighted by Gasteiger charge is -2.04. The summed E-state index contributed by atoms with van der Waals surface area (Å²) in [4.78, 5) is 23.4. The highest BCUT2D eigenvalue weighted by atomic mass is 16.5. The predicted molar refractivity (Wildman–Crippen MR) is 98.1 cm³/mol. The fraction of sp³-hybridized carbons (Fsp3) is 0.0556. The Kier molecular flexibility index (Phi) is 6.33. The molecule has 0 spiro atoms. The van der Waals surface area contributed by atoms with Gasteiger partial charge in [0.2, 0.25) is 5.91 Å². The van der Waals surface area contributed by atoms with Crippen LogP contribution in [0.5, 0.6) is 11.5 Å². The van der Waals surface area contributed by atoms with E-state index in [1.54, 1.807) is 36.4 Å². The van der Waals surface area contributed by atoms with Crippen LogP contribution in [-0.2, 0) is 4.79 Å². The molecule has 0 bridgehead atoms. The van der Waals surface area contributed by atoms with Gasteiger partial charge in [-0.1, -0.05) is 0 Å². The topological polar surface area (TPSA) is 126 Å². The maximum Gasteiger partial charge on any atom is 0.271 e. The van der Waals surface area contributed by atoms with Crippen LogP contribution in [0.2, 0.25) is 0 Å². The van der Waals surface area contributed by atoms with Gasteiger partial charge in [0, 0.05) is 17.3 Å². The van der Waals surface area contributed by atoms with E-state index in [1.807, 2.05) is 0 Å². The predicted octanol–water partition coefficient (Wildman–Crippen LogP) is 1.58. The van der Waals surface area contributed by atoms with Crippen LogP contribution >= 0.6 is 0 Å². The van der Waals surface area contributed by atoms with Crippen molar-refractivity contribution in [1.29, 1.82) is 0 Å². The summed E-state index contributed by atoms with van der Waals surface area (Å²) in [6, 6.07) is 11.0. The molecule has 0 aliphatic carbocycles. The summed E-state index contributed by atoms with van der Waals surface area (Å²) in [5, 5.41) is 16.0. The second kappa shape index (κ2) is 8.88. The van der Waals surface area contributed by atoms with Crippen molar-refractivity contribution in [2.24, 2.45) is 10.8 Å². The zero-order chi connectivity index (χ0) is 18.9. The second-order valence-corrected chi connectivity index (χ2v) is 5.06. The lowest BCUT2D eigenvalue weighted by Crippen LogP contribution is -2.17. The van der Waals surface area contributed by atoms with E-state index < -0.39 is 5.91 Å². The highest BCUT2D eigenvalue weighted by Crippen LogP contribution is 2.25. The summed E-state index contributed by atoms with van der Waals surface area (Å²) in [7, 11) is 1.44. The van der Waals surface area contributed by atoms with Gasteiger partial charge in [0.1, 0.15) is 0 Å². The van der Waals surface area contributed by atoms with E-state index in [2.05, 4.69) is 15.8 Å². The fourth-order valence-electron chi connectivity index (χ4n) is 1.98. The van der Waals surface area contributed by atoms with Crippen LogP contribution in [0.1, 0.15) is 15.9 Å². The van der Waals surface area contributed by atoms with E-state index >= 15 is 0 Å². The van der Waals surface area contributed by atoms with Crippen molar-refractivity contribution < 1.29 is 19.4 Å². The van der Waals surface area contributed by atoms with Gasteiger partial charge in [0.25, 0.3) is 5.91 Å². The Balaban J connectivity index is 1.96. The van der Waals surface area contributed by atoms with Gasteiger partial charge in [-0.2, -0.15) is 5.10 Å². The highest BCUT2D eigenvalue weighted by Gasteiger charge is 2.05. The molecule has 0 aromatic heterocycles. The number of methoxy groups -OCH3 is 1. The first kappa shape index (κ1) is 18.5. The second-order valence-electron chi connectivity index (χ2n) is 5.06. The maximum absolute atomic E-state index is 12.0. The number of benzene rings is 2. The van der Waals surface area contributed by atoms with Gasteiger partial charge in [0.05, 0.1) is 13.3 Å². The molecule has 2 amide bonds. The van der Waals surface area contributed by atoms with Crippen LogP contribution in [0.4, 0.5) is 5.69 Å². The van der Waals surface area contributed by atoms with Gasteiger partial charge in [0.15, 0.2) is 11.5 Å². The zero-order valence-electron chi connectivity index (χ0n) is 14.0. The van der Waals surface area contributed by atoms with E-state index in [9.17, 15) is 14.7 Å². The molecule has 26 heavy (non-hydrogen) atoms. The molecule has 0 radical (unpaired) electrons. The SMILES string of the molecule is COc1cc(/C=N/NC(=O)c2ccc(NC(=O)/C=C\N)cc2)ccc1O. The van der Waals surface area contributed by atoms with Gasteiger partial charge in [-0.05, 0) is 54.2 Å². The molecular formula is C18H18N4O4. The third-order valence-electron chi connectivity index (χ3n) is 3.25. The molecule has 5 N–H and O–H groups in total. The third-order valence-corrected chi connectivity index (χ3v) is 3.25. The van der Waals surface area contributed by atoms with Gasteiger partial charge >= 0.3 is 0 Å². The van der Waals surface area contributed by atoms with Crippen LogP contribution in [0, 0.1) is 0 Å². The number of nitrogens with two attached hydrogens (primary N) is 1. The molecule has 8 nitrogen and oxygen atoms in total. The minimum absolute atomic E-state index is 0.0165. The summed E-state index contributed by atoms with van der Waals surface area (Å²) in [5.74, 6) is -0.449. The fourth-order valence-corrected chi connectivity index (χ4v) is 1.98. The number of phenols is 1. The Morgan fingerprint density at radius 2 is 1.92 bits per heavy atom. The number of amides is 2. The van der Waals surface area contributed by atoms with Crippen molar-refractivity contribution in [2.75, 3.05) is 12.4 Å². The molecule has 0 atom stereocenters. The largest absolute Gasteiger partial charge is 0.504 e. The monoisotopic (exact) mass is 354 g/mol. The highest BCUT2D eigenvalue weighted by molar-refractivity contribution is 6.00. The first-order valence-electron chi connectivity index (χ1n) is 7.53. The van der Waals surface area contributed by atoms with Crippen molar-refractivity contribution >= 4 is 23.7 Å². The number of rotatable bonds is 6. The molecule has 134 valence electrons. The van der Waals surface area contributed by atoms with E-state index in [-0.39, 0.29) is 11.7 Å². The number of carbonyl (C=O) groups is 2. The molecule has 2 aromatic carbocycles. The van der Waals surface area contributed by atoms with E-state index in [0.29, 0.717) is 22.6 Å². The molecular weight excluding hydrogens is 336 g/mol. The average molecular weight is 354 g/mol. The molecule has 2 rings (SSSR count). The number of hydrogen-bond donors (Lipinski definition) is 4. The Morgan fingerprint density at radius 1 is 1.19 bits per heavy atom. The van der Waals surface area contributed by atoms with Crippen LogP contribution in [0.15, 0.2) is 59.8 Å². The minimum Gasteiger partial charge on any atom is -0.504 e. The van der Waals surface area contributed by atoms with Gasteiger partial charge in [-0.3, -0.25) is 9.59 Å². The first-order chi connectivity index (χ1) is 12.5. The third kappa shape index (κ3) is 5.10. The molecule has 0 fully saturated rings. The number of nitrogens with one attached hydrogen (secondary N) is 2. The molecule has 0 heterocycles. The Morgan fingerprint density at radius 3 is 2.58 bits per heavy atom. The normalized spacial score (nSPS) is 10.8. The van der Waals surface area contributed by atoms with Gasteiger partial charge in [-0.15, -0.1) is 0 Å². The Bertz CT molecular complexity index is 845. The number of ether oxygens (including phenoxy) is 1. The number of anilines is 1. The molecule has 8 heteroatoms. The van der Waals surface area contributed by atoms with Crippen LogP contribution < -0.4 is 21.2 Å². The van der Waals surface area contributed by atoms with Crippen molar-refractivity contribution in [3.63, 3.8) is 0 Å². The number of hydrazone groups is 1. The number of aromatic hydroxyl groups is 1. The standard InChI is InChI=1S/C18H18N4O4/c1-26-16-10-12(2-7-15(16)23)11-20-22-18(25)13-3-5-14(6-4-13)21-17(24)8-9-19/h2-11,23H,19H2,1H3,(H,21,24)(H,22,25)/b9-8-,20-11+. The molecule has 0 saturated heterocycles. The molecule has 0 aliphatic heterocycles. The summed E-state index contributed by atoms with van der Waals surface area (Å²) in [6.07, 6.45) is 3.75. The van der Waals surface area contributed by atoms with E-state index in [0.717, 1.165) is 6.20 Å². The lowest BCUT2D eigenvalue weighted by atomic mass is 10.2. The summed E-state index contributed by atoms with van der Waals surface area (Å²) >= 11 is 0. The van der Waals surface area contributed by atoms with Crippen LogP contribution in [0.3, 0.4) is 0 Å². The number of phenolic OH excluding ortho intramolecular Hbond substituents is 1. The molecule has 0 saturated carbocycles. The lowest BCUT2D eigenvalue weighted by molar-refractivity contribution is -0.111. The molecule has 2 aromatic rings. The Hall–Kier alpha value is -3.81. The maximum atomic E-state index is 12.0. The van der Waals surface area contributed by atoms with Crippen molar-refractivity contribution in [2.45, 2.75) is 0 Å². The quantitative estimate of drug-likeness (QED) is 0.356. The van der Waals surface area contributed by atoms with Gasteiger partial charge < -0.3 is 20.9 Å². The Labute approximate surface area is 150 Å². The van der Waals surface area contributed by atoms with Crippen molar-refractivity contribution in [3.8, 4) is 11.5 Å². The minimum atomic E-state index is -0.410. The number of nitrogens with zero attached hydrogens (tertiary/aromatic N) is 1. The van der Waals surface area contributed by atoms with Gasteiger partial charge in [-0.25, -0.2) is 5.43 Å². The first-order valence-corrected chi connectivity index (χ1v) is 7.53. The van der Waals surface area contributed by atoms with E-state index in [1.165, 1.54) is 25.5 Å². The molecule has 0 aliphatic rings. The smallest absolute Gasteiger partial charge is 0.271 e. The summed E-state index contributed by atoms with van der Waals surface area (Å²) in [5.41, 5.74) is 9.07. The van der Waals surface area contributed by atoms with Crippen LogP contribution in [0.25, 0.3) is 0 Å². The van der Waals surface area contributed by atoms with Crippen molar-refractivity contribution in [1.82, 2.24) is 5.43 Å². The summed E-state index contributed by atoms with van der Waals surface area (Å²) in [6.45, 7) is 0. The number of hydrogen-bond acceptors (Lipinski definition) is 6. The van der Waals surface area contributed by atoms with Crippen molar-refractivity contribution in [3.05, 3.63) is 65.9 Å². The van der Waals surface area contributed by atoms with Crippen LogP contribution in [-0.4, -0.2) is 30.2 Å². The van der Waals surface area contributed by atoms with E-state index in [4.69, 9.17) is 10.5 Å². The zero-order valence-corrected chi connectivity index (χ0v) is 14.0. The summed E-state index contributed by atoms with van der Waals surface area (Å²) < 4.78 is 5.00.